The number of hydrogen-bond acceptors (Lipinski definition) is 4. The molecule has 0 fully saturated rings. The molecule has 21 heavy (non-hydrogen) atoms. The Kier molecular flexibility index (Phi) is 3.91. The lowest BCUT2D eigenvalue weighted by atomic mass is 10.3. The first kappa shape index (κ1) is 14.4. The number of benzene rings is 1. The third kappa shape index (κ3) is 2.78. The lowest BCUT2D eigenvalue weighted by Gasteiger charge is -2.09. The van der Waals surface area contributed by atoms with Crippen LogP contribution in [0.25, 0.3) is 11.0 Å². The van der Waals surface area contributed by atoms with Gasteiger partial charge < -0.3 is 9.13 Å². The average Bonchev–Trinajstić information content (AvgIpc) is 3.01. The van der Waals surface area contributed by atoms with Gasteiger partial charge in [0.15, 0.2) is 5.16 Å². The number of halogens is 1. The van der Waals surface area contributed by atoms with Gasteiger partial charge in [-0.15, -0.1) is 10.2 Å². The molecule has 3 aromatic rings. The van der Waals surface area contributed by atoms with E-state index in [1.54, 1.807) is 18.1 Å². The van der Waals surface area contributed by atoms with Crippen LogP contribution in [0.2, 0.25) is 5.02 Å². The van der Waals surface area contributed by atoms with Crippen LogP contribution < -0.4 is 0 Å². The Morgan fingerprint density at radius 2 is 2.14 bits per heavy atom. The van der Waals surface area contributed by atoms with Gasteiger partial charge in [0.2, 0.25) is 0 Å². The Balaban J connectivity index is 1.85. The first-order valence-electron chi connectivity index (χ1n) is 6.69. The van der Waals surface area contributed by atoms with Crippen molar-refractivity contribution in [2.75, 3.05) is 0 Å². The molecule has 0 saturated heterocycles. The van der Waals surface area contributed by atoms with Crippen molar-refractivity contribution >= 4 is 34.4 Å². The molecule has 0 amide bonds. The molecule has 0 aliphatic carbocycles. The molecule has 0 saturated carbocycles. The summed E-state index contributed by atoms with van der Waals surface area (Å²) in [7, 11) is 2.02. The van der Waals surface area contributed by atoms with Crippen molar-refractivity contribution in [2.45, 2.75) is 30.8 Å². The van der Waals surface area contributed by atoms with E-state index in [9.17, 15) is 0 Å². The summed E-state index contributed by atoms with van der Waals surface area (Å²) in [6.07, 6.45) is 1.77. The SMILES string of the molecule is CC(C)n1cnnc1SCc1nc2cc(Cl)ccc2n1C. The van der Waals surface area contributed by atoms with E-state index >= 15 is 0 Å². The zero-order valence-corrected chi connectivity index (χ0v) is 13.7. The molecule has 5 nitrogen and oxygen atoms in total. The van der Waals surface area contributed by atoms with Crippen LogP contribution in [0.4, 0.5) is 0 Å². The molecule has 3 rings (SSSR count). The van der Waals surface area contributed by atoms with E-state index in [2.05, 4.69) is 38.2 Å². The van der Waals surface area contributed by atoms with Crippen LogP contribution in [0.5, 0.6) is 0 Å². The maximum absolute atomic E-state index is 6.02. The Labute approximate surface area is 132 Å². The average molecular weight is 322 g/mol. The van der Waals surface area contributed by atoms with Gasteiger partial charge in [0.1, 0.15) is 12.2 Å². The summed E-state index contributed by atoms with van der Waals surface area (Å²) in [5.41, 5.74) is 2.01. The topological polar surface area (TPSA) is 48.5 Å². The molecule has 7 heteroatoms. The van der Waals surface area contributed by atoms with Crippen LogP contribution in [-0.2, 0) is 12.8 Å². The summed E-state index contributed by atoms with van der Waals surface area (Å²) in [5.74, 6) is 1.74. The highest BCUT2D eigenvalue weighted by atomic mass is 35.5. The maximum Gasteiger partial charge on any atom is 0.191 e. The molecule has 0 atom stereocenters. The molecular formula is C14H16ClN5S. The fourth-order valence-corrected chi connectivity index (χ4v) is 3.37. The van der Waals surface area contributed by atoms with E-state index in [1.807, 2.05) is 25.2 Å². The molecule has 2 aromatic heterocycles. The zero-order valence-electron chi connectivity index (χ0n) is 12.1. The van der Waals surface area contributed by atoms with Crippen LogP contribution >= 0.6 is 23.4 Å². The second kappa shape index (κ2) is 5.69. The van der Waals surface area contributed by atoms with Crippen LogP contribution in [0.15, 0.2) is 29.7 Å². The van der Waals surface area contributed by atoms with Gasteiger partial charge in [0.25, 0.3) is 0 Å². The van der Waals surface area contributed by atoms with Gasteiger partial charge in [-0.3, -0.25) is 0 Å². The van der Waals surface area contributed by atoms with Crippen molar-refractivity contribution in [2.24, 2.45) is 7.05 Å². The molecule has 0 radical (unpaired) electrons. The largest absolute Gasteiger partial charge is 0.330 e. The van der Waals surface area contributed by atoms with Crippen LogP contribution in [0.3, 0.4) is 0 Å². The predicted molar refractivity (Wildman–Crippen MR) is 85.7 cm³/mol. The number of aryl methyl sites for hydroxylation is 1. The number of aromatic nitrogens is 5. The monoisotopic (exact) mass is 321 g/mol. The van der Waals surface area contributed by atoms with Gasteiger partial charge in [0, 0.05) is 18.1 Å². The number of thioether (sulfide) groups is 1. The van der Waals surface area contributed by atoms with E-state index in [1.165, 1.54) is 0 Å². The highest BCUT2D eigenvalue weighted by Crippen LogP contribution is 2.25. The highest BCUT2D eigenvalue weighted by Gasteiger charge is 2.12. The number of rotatable bonds is 4. The van der Waals surface area contributed by atoms with Crippen molar-refractivity contribution < 1.29 is 0 Å². The fourth-order valence-electron chi connectivity index (χ4n) is 2.17. The Morgan fingerprint density at radius 1 is 1.33 bits per heavy atom. The second-order valence-electron chi connectivity index (χ2n) is 5.12. The summed E-state index contributed by atoms with van der Waals surface area (Å²) in [5, 5.41) is 9.77. The van der Waals surface area contributed by atoms with Gasteiger partial charge in [-0.25, -0.2) is 4.98 Å². The van der Waals surface area contributed by atoms with Gasteiger partial charge in [-0.2, -0.15) is 0 Å². The van der Waals surface area contributed by atoms with Gasteiger partial charge in [-0.05, 0) is 32.0 Å². The summed E-state index contributed by atoms with van der Waals surface area (Å²) in [4.78, 5) is 4.65. The van der Waals surface area contributed by atoms with Gasteiger partial charge in [-0.1, -0.05) is 23.4 Å². The fraction of sp³-hybridized carbons (Fsp3) is 0.357. The third-order valence-electron chi connectivity index (χ3n) is 3.36. The van der Waals surface area contributed by atoms with Crippen LogP contribution in [0.1, 0.15) is 25.7 Å². The van der Waals surface area contributed by atoms with Crippen LogP contribution in [-0.4, -0.2) is 24.3 Å². The summed E-state index contributed by atoms with van der Waals surface area (Å²) < 4.78 is 4.15. The van der Waals surface area contributed by atoms with E-state index in [4.69, 9.17) is 11.6 Å². The van der Waals surface area contributed by atoms with Crippen molar-refractivity contribution in [3.05, 3.63) is 35.4 Å². The van der Waals surface area contributed by atoms with Gasteiger partial charge >= 0.3 is 0 Å². The number of fused-ring (bicyclic) bond motifs is 1. The zero-order chi connectivity index (χ0) is 15.0. The molecule has 0 aliphatic rings. The molecule has 0 N–H and O–H groups in total. The lowest BCUT2D eigenvalue weighted by molar-refractivity contribution is 0.549. The molecule has 0 bridgehead atoms. The van der Waals surface area contributed by atoms with E-state index in [0.717, 1.165) is 27.8 Å². The van der Waals surface area contributed by atoms with Crippen molar-refractivity contribution in [1.82, 2.24) is 24.3 Å². The number of hydrogen-bond donors (Lipinski definition) is 0. The second-order valence-corrected chi connectivity index (χ2v) is 6.50. The first-order chi connectivity index (χ1) is 10.1. The molecule has 1 aromatic carbocycles. The van der Waals surface area contributed by atoms with Crippen molar-refractivity contribution in [1.29, 1.82) is 0 Å². The molecule has 0 spiro atoms. The third-order valence-corrected chi connectivity index (χ3v) is 4.55. The summed E-state index contributed by atoms with van der Waals surface area (Å²) in [6.45, 7) is 4.23. The minimum absolute atomic E-state index is 0.349. The van der Waals surface area contributed by atoms with Crippen molar-refractivity contribution in [3.63, 3.8) is 0 Å². The quantitative estimate of drug-likeness (QED) is 0.688. The smallest absolute Gasteiger partial charge is 0.191 e. The van der Waals surface area contributed by atoms with E-state index in [0.29, 0.717) is 11.1 Å². The Morgan fingerprint density at radius 3 is 2.90 bits per heavy atom. The van der Waals surface area contributed by atoms with Gasteiger partial charge in [0.05, 0.1) is 16.8 Å². The molecule has 0 unspecified atom stereocenters. The lowest BCUT2D eigenvalue weighted by Crippen LogP contribution is -2.02. The summed E-state index contributed by atoms with van der Waals surface area (Å²) >= 11 is 7.66. The Hall–Kier alpha value is -1.53. The molecule has 0 aliphatic heterocycles. The number of nitrogens with zero attached hydrogens (tertiary/aromatic N) is 5. The van der Waals surface area contributed by atoms with E-state index in [-0.39, 0.29) is 0 Å². The Bertz CT molecular complexity index is 777. The molecular weight excluding hydrogens is 306 g/mol. The minimum Gasteiger partial charge on any atom is -0.330 e. The number of imidazole rings is 1. The standard InChI is InChI=1S/C14H16ClN5S/c1-9(2)20-8-16-18-14(20)21-7-13-17-11-6-10(15)4-5-12(11)19(13)3/h4-6,8-9H,7H2,1-3H3. The molecule has 2 heterocycles. The normalized spacial score (nSPS) is 11.7. The van der Waals surface area contributed by atoms with Crippen molar-refractivity contribution in [3.8, 4) is 0 Å². The van der Waals surface area contributed by atoms with Crippen LogP contribution in [0, 0.1) is 0 Å². The predicted octanol–water partition coefficient (Wildman–Crippen LogP) is 3.69. The minimum atomic E-state index is 0.349. The summed E-state index contributed by atoms with van der Waals surface area (Å²) in [6, 6.07) is 6.12. The molecule has 110 valence electrons. The first-order valence-corrected chi connectivity index (χ1v) is 8.06. The highest BCUT2D eigenvalue weighted by molar-refractivity contribution is 7.98. The van der Waals surface area contributed by atoms with E-state index < -0.39 is 0 Å². The maximum atomic E-state index is 6.02.